The molecule has 0 N–H and O–H groups in total. The lowest BCUT2D eigenvalue weighted by atomic mass is 9.65. The molecule has 0 saturated heterocycles. The molecule has 9 aromatic carbocycles. The van der Waals surface area contributed by atoms with Gasteiger partial charge < -0.3 is 9.80 Å². The van der Waals surface area contributed by atoms with E-state index in [0.717, 1.165) is 22.7 Å². The van der Waals surface area contributed by atoms with Crippen LogP contribution < -0.4 is 9.80 Å². The fourth-order valence-corrected chi connectivity index (χ4v) is 14.3. The van der Waals surface area contributed by atoms with Crippen LogP contribution in [0.1, 0.15) is 66.8 Å². The summed E-state index contributed by atoms with van der Waals surface area (Å²) in [6.45, 7) is 8.79. The van der Waals surface area contributed by atoms with Gasteiger partial charge in [0.1, 0.15) is 10.0 Å². The predicted molar refractivity (Wildman–Crippen MR) is 305 cm³/mol. The molecule has 2 nitrogen and oxygen atoms in total. The van der Waals surface area contributed by atoms with E-state index in [0.29, 0.717) is 0 Å². The highest BCUT2D eigenvalue weighted by atomic mass is 32.1. The SMILES string of the molecule is Cc1ccc(C2(c3ccc(C)cc3)c3cc4c(cc3-c3sc(N(c5ccccc5)c5ccccc5)cc32)C(c2ccc(C)cc2)(c2ccc(C)cc2)c2cc(N(c3ccccc3)c3ccccc3)sc2-4)cc1. The Morgan fingerprint density at radius 2 is 0.528 bits per heavy atom. The van der Waals surface area contributed by atoms with Crippen molar-refractivity contribution in [1.29, 1.82) is 0 Å². The maximum Gasteiger partial charge on any atom is 0.101 e. The van der Waals surface area contributed by atoms with Crippen LogP contribution in [-0.4, -0.2) is 0 Å². The topological polar surface area (TPSA) is 6.48 Å². The number of hydrogen-bond donors (Lipinski definition) is 0. The van der Waals surface area contributed by atoms with E-state index in [9.17, 15) is 0 Å². The molecular formula is C68H52N2S2. The van der Waals surface area contributed by atoms with Gasteiger partial charge in [0.25, 0.3) is 0 Å². The maximum absolute atomic E-state index is 2.63. The molecule has 0 unspecified atom stereocenters. The van der Waals surface area contributed by atoms with Crippen LogP contribution in [-0.2, 0) is 10.8 Å². The highest BCUT2D eigenvalue weighted by molar-refractivity contribution is 7.20. The second kappa shape index (κ2) is 17.4. The van der Waals surface area contributed by atoms with Crippen LogP contribution in [0.2, 0.25) is 0 Å². The molecule has 2 aliphatic carbocycles. The first kappa shape index (κ1) is 44.0. The number of benzene rings is 9. The van der Waals surface area contributed by atoms with E-state index in [2.05, 4.69) is 280 Å². The summed E-state index contributed by atoms with van der Waals surface area (Å²) in [7, 11) is 0. The normalized spacial score (nSPS) is 13.5. The lowest BCUT2D eigenvalue weighted by Crippen LogP contribution is -2.30. The Balaban J connectivity index is 1.16. The van der Waals surface area contributed by atoms with Crippen molar-refractivity contribution >= 4 is 55.4 Å². The number of thiophene rings is 2. The smallest absolute Gasteiger partial charge is 0.101 e. The number of hydrogen-bond acceptors (Lipinski definition) is 4. The van der Waals surface area contributed by atoms with Gasteiger partial charge in [0.05, 0.1) is 10.8 Å². The third-order valence-corrected chi connectivity index (χ3v) is 17.4. The molecule has 0 radical (unpaired) electrons. The molecule has 72 heavy (non-hydrogen) atoms. The van der Waals surface area contributed by atoms with Crippen LogP contribution in [0.3, 0.4) is 0 Å². The Bertz CT molecular complexity index is 3320. The molecule has 2 aromatic heterocycles. The summed E-state index contributed by atoms with van der Waals surface area (Å²) in [6, 6.07) is 91.2. The Kier molecular flexibility index (Phi) is 10.6. The molecule has 0 amide bonds. The molecular weight excluding hydrogens is 909 g/mol. The molecule has 0 aliphatic heterocycles. The lowest BCUT2D eigenvalue weighted by Gasteiger charge is -2.36. The first-order chi connectivity index (χ1) is 35.3. The Labute approximate surface area is 431 Å². The van der Waals surface area contributed by atoms with Gasteiger partial charge in [-0.3, -0.25) is 0 Å². The fourth-order valence-electron chi connectivity index (χ4n) is 11.7. The quantitative estimate of drug-likeness (QED) is 0.135. The summed E-state index contributed by atoms with van der Waals surface area (Å²) >= 11 is 3.82. The third kappa shape index (κ3) is 6.81. The molecule has 0 bridgehead atoms. The van der Waals surface area contributed by atoms with Gasteiger partial charge in [-0.2, -0.15) is 0 Å². The molecule has 13 rings (SSSR count). The van der Waals surface area contributed by atoms with Crippen LogP contribution in [0.5, 0.6) is 0 Å². The minimum absolute atomic E-state index is 0.631. The van der Waals surface area contributed by atoms with E-state index in [-0.39, 0.29) is 0 Å². The van der Waals surface area contributed by atoms with Crippen molar-refractivity contribution in [3.8, 4) is 20.9 Å². The first-order valence-corrected chi connectivity index (χ1v) is 26.5. The van der Waals surface area contributed by atoms with E-state index < -0.39 is 10.8 Å². The van der Waals surface area contributed by atoms with E-state index >= 15 is 0 Å². The molecule has 2 heterocycles. The summed E-state index contributed by atoms with van der Waals surface area (Å²) in [5.41, 5.74) is 21.1. The Hall–Kier alpha value is -8.02. The molecule has 346 valence electrons. The van der Waals surface area contributed by atoms with Gasteiger partial charge in [-0.05, 0) is 156 Å². The number of fused-ring (bicyclic) bond motifs is 6. The van der Waals surface area contributed by atoms with Crippen molar-refractivity contribution in [3.63, 3.8) is 0 Å². The number of nitrogens with zero attached hydrogens (tertiary/aromatic N) is 2. The van der Waals surface area contributed by atoms with E-state index in [4.69, 9.17) is 0 Å². The molecule has 11 aromatic rings. The van der Waals surface area contributed by atoms with Crippen LogP contribution in [0.25, 0.3) is 20.9 Å². The second-order valence-corrected chi connectivity index (χ2v) is 21.6. The minimum atomic E-state index is -0.631. The summed E-state index contributed by atoms with van der Waals surface area (Å²) in [4.78, 5) is 7.49. The van der Waals surface area contributed by atoms with Gasteiger partial charge in [0, 0.05) is 32.5 Å². The Morgan fingerprint density at radius 1 is 0.278 bits per heavy atom. The fraction of sp³-hybridized carbons (Fsp3) is 0.0882. The predicted octanol–water partition coefficient (Wildman–Crippen LogP) is 18.7. The number of rotatable bonds is 10. The summed E-state index contributed by atoms with van der Waals surface area (Å²) < 4.78 is 0. The van der Waals surface area contributed by atoms with Gasteiger partial charge in [-0.15, -0.1) is 22.7 Å². The van der Waals surface area contributed by atoms with Crippen LogP contribution in [0.4, 0.5) is 32.8 Å². The number of anilines is 6. The van der Waals surface area contributed by atoms with Gasteiger partial charge in [0.15, 0.2) is 0 Å². The van der Waals surface area contributed by atoms with Gasteiger partial charge in [-0.25, -0.2) is 0 Å². The highest BCUT2D eigenvalue weighted by Crippen LogP contribution is 2.67. The van der Waals surface area contributed by atoms with Crippen molar-refractivity contribution in [1.82, 2.24) is 0 Å². The summed E-state index contributed by atoms with van der Waals surface area (Å²) in [6.07, 6.45) is 0. The largest absolute Gasteiger partial charge is 0.302 e. The standard InChI is InChI=1S/C68H52N2S2/c1-45-25-33-49(34-26-45)67(50-35-27-46(2)28-36-50)59-41-58-60(42-57(59)65-61(67)43-63(71-65)69(53-17-9-5-10-18-53)54-19-11-6-12-20-54)68(51-37-29-47(3)30-38-51,52-39-31-48(4)32-40-52)62-44-64(72-66(58)62)70(55-21-13-7-14-22-55)56-23-15-8-16-24-56/h5-44H,1-4H3. The van der Waals surface area contributed by atoms with Gasteiger partial charge >= 0.3 is 0 Å². The van der Waals surface area contributed by atoms with Crippen molar-refractivity contribution in [3.05, 3.63) is 309 Å². The molecule has 4 heteroatoms. The molecule has 0 saturated carbocycles. The van der Waals surface area contributed by atoms with Gasteiger partial charge in [0.2, 0.25) is 0 Å². The summed E-state index contributed by atoms with van der Waals surface area (Å²) in [5, 5.41) is 2.36. The number of para-hydroxylation sites is 4. The zero-order chi connectivity index (χ0) is 48.6. The van der Waals surface area contributed by atoms with Crippen LogP contribution >= 0.6 is 22.7 Å². The van der Waals surface area contributed by atoms with Crippen molar-refractivity contribution in [2.45, 2.75) is 38.5 Å². The molecule has 2 aliphatic rings. The lowest BCUT2D eigenvalue weighted by molar-refractivity contribution is 0.759. The average molecular weight is 961 g/mol. The van der Waals surface area contributed by atoms with Crippen LogP contribution in [0.15, 0.2) is 243 Å². The monoisotopic (exact) mass is 960 g/mol. The third-order valence-electron chi connectivity index (χ3n) is 15.1. The maximum atomic E-state index is 2.63. The zero-order valence-electron chi connectivity index (χ0n) is 40.8. The molecule has 0 atom stereocenters. The van der Waals surface area contributed by atoms with E-state index in [1.54, 1.807) is 0 Å². The molecule has 0 fully saturated rings. The second-order valence-electron chi connectivity index (χ2n) is 19.6. The van der Waals surface area contributed by atoms with E-state index in [1.807, 2.05) is 22.7 Å². The minimum Gasteiger partial charge on any atom is -0.302 e. The van der Waals surface area contributed by atoms with Crippen LogP contribution in [0, 0.1) is 27.7 Å². The zero-order valence-corrected chi connectivity index (χ0v) is 42.4. The average Bonchev–Trinajstić information content (AvgIpc) is 4.17. The van der Waals surface area contributed by atoms with Crippen molar-refractivity contribution in [2.24, 2.45) is 0 Å². The summed E-state index contributed by atoms with van der Waals surface area (Å²) in [5.74, 6) is 0. The van der Waals surface area contributed by atoms with E-state index in [1.165, 1.54) is 97.6 Å². The first-order valence-electron chi connectivity index (χ1n) is 24.9. The highest BCUT2D eigenvalue weighted by Gasteiger charge is 2.53. The van der Waals surface area contributed by atoms with Crippen molar-refractivity contribution < 1.29 is 0 Å². The number of aryl methyl sites for hydroxylation is 4. The van der Waals surface area contributed by atoms with Gasteiger partial charge in [-0.1, -0.05) is 192 Å². The molecule has 0 spiro atoms. The Morgan fingerprint density at radius 3 is 0.778 bits per heavy atom. The van der Waals surface area contributed by atoms with Crippen molar-refractivity contribution in [2.75, 3.05) is 9.80 Å².